The van der Waals surface area contributed by atoms with E-state index in [0.717, 1.165) is 0 Å². The zero-order valence-electron chi connectivity index (χ0n) is 11.4. The van der Waals surface area contributed by atoms with E-state index < -0.39 is 22.1 Å². The Labute approximate surface area is 114 Å². The highest BCUT2D eigenvalue weighted by molar-refractivity contribution is 7.86. The average molecular weight is 294 g/mol. The van der Waals surface area contributed by atoms with Crippen molar-refractivity contribution in [1.29, 1.82) is 0 Å². The first kappa shape index (κ1) is 16.4. The Morgan fingerprint density at radius 2 is 2.00 bits per heavy atom. The van der Waals surface area contributed by atoms with E-state index in [4.69, 9.17) is 9.84 Å². The highest BCUT2D eigenvalue weighted by Crippen LogP contribution is 2.20. The molecule has 1 heterocycles. The first-order valence-corrected chi connectivity index (χ1v) is 7.81. The van der Waals surface area contributed by atoms with Crippen LogP contribution in [-0.2, 0) is 19.7 Å². The van der Waals surface area contributed by atoms with Crippen molar-refractivity contribution in [3.05, 3.63) is 0 Å². The molecule has 0 aliphatic carbocycles. The summed E-state index contributed by atoms with van der Waals surface area (Å²) in [7, 11) is -1.99. The summed E-state index contributed by atoms with van der Waals surface area (Å²) in [5, 5.41) is 8.88. The van der Waals surface area contributed by atoms with Crippen molar-refractivity contribution in [3.8, 4) is 0 Å². The fourth-order valence-corrected chi connectivity index (χ4v) is 3.36. The Morgan fingerprint density at radius 3 is 2.47 bits per heavy atom. The molecular weight excluding hydrogens is 272 g/mol. The molecule has 112 valence electrons. The molecule has 19 heavy (non-hydrogen) atoms. The molecule has 1 N–H and O–H groups in total. The van der Waals surface area contributed by atoms with Gasteiger partial charge in [-0.3, -0.25) is 4.79 Å². The molecule has 1 saturated heterocycles. The molecule has 0 saturated carbocycles. The second-order valence-electron chi connectivity index (χ2n) is 4.54. The van der Waals surface area contributed by atoms with Crippen LogP contribution < -0.4 is 0 Å². The molecule has 0 spiro atoms. The van der Waals surface area contributed by atoms with Gasteiger partial charge in [-0.15, -0.1) is 0 Å². The van der Waals surface area contributed by atoms with Crippen LogP contribution in [0.25, 0.3) is 0 Å². The van der Waals surface area contributed by atoms with Gasteiger partial charge >= 0.3 is 5.97 Å². The van der Waals surface area contributed by atoms with Crippen LogP contribution in [-0.4, -0.2) is 68.0 Å². The predicted molar refractivity (Wildman–Crippen MR) is 70.0 cm³/mol. The first-order valence-electron chi connectivity index (χ1n) is 6.41. The van der Waals surface area contributed by atoms with Crippen molar-refractivity contribution >= 4 is 16.2 Å². The number of piperidine rings is 1. The van der Waals surface area contributed by atoms with Crippen LogP contribution in [0, 0.1) is 5.92 Å². The molecule has 1 aliphatic rings. The van der Waals surface area contributed by atoms with E-state index in [-0.39, 0.29) is 13.1 Å². The number of carboxylic acid groups (broad SMARTS) is 1. The second kappa shape index (κ2) is 7.18. The highest BCUT2D eigenvalue weighted by atomic mass is 32.2. The van der Waals surface area contributed by atoms with Gasteiger partial charge in [-0.25, -0.2) is 0 Å². The van der Waals surface area contributed by atoms with Gasteiger partial charge in [0.25, 0.3) is 10.2 Å². The monoisotopic (exact) mass is 294 g/mol. The van der Waals surface area contributed by atoms with E-state index in [2.05, 4.69) is 0 Å². The molecule has 1 fully saturated rings. The molecule has 0 unspecified atom stereocenters. The molecule has 1 rings (SSSR count). The summed E-state index contributed by atoms with van der Waals surface area (Å²) < 4.78 is 32.1. The molecule has 0 radical (unpaired) electrons. The minimum atomic E-state index is -3.50. The van der Waals surface area contributed by atoms with Crippen molar-refractivity contribution in [2.75, 3.05) is 39.9 Å². The summed E-state index contributed by atoms with van der Waals surface area (Å²) in [5.74, 6) is -1.28. The number of carbonyl (C=O) groups is 1. The van der Waals surface area contributed by atoms with Crippen molar-refractivity contribution < 1.29 is 23.1 Å². The molecule has 0 aromatic rings. The number of aliphatic carboxylic acids is 1. The zero-order chi connectivity index (χ0) is 14.5. The van der Waals surface area contributed by atoms with Gasteiger partial charge in [-0.1, -0.05) is 0 Å². The number of hydrogen-bond donors (Lipinski definition) is 1. The van der Waals surface area contributed by atoms with Crippen LogP contribution >= 0.6 is 0 Å². The van der Waals surface area contributed by atoms with E-state index in [1.807, 2.05) is 6.92 Å². The Balaban J connectivity index is 2.52. The topological polar surface area (TPSA) is 87.2 Å². The van der Waals surface area contributed by atoms with E-state index in [0.29, 0.717) is 32.6 Å². The number of rotatable bonds is 7. The Kier molecular flexibility index (Phi) is 6.18. The summed E-state index contributed by atoms with van der Waals surface area (Å²) in [5.41, 5.74) is 0. The van der Waals surface area contributed by atoms with Gasteiger partial charge < -0.3 is 9.84 Å². The SMILES string of the molecule is CCOCCN(C)S(=O)(=O)N1CCC(C(=O)O)CC1. The van der Waals surface area contributed by atoms with Crippen molar-refractivity contribution in [3.63, 3.8) is 0 Å². The number of carboxylic acids is 1. The zero-order valence-corrected chi connectivity index (χ0v) is 12.2. The summed E-state index contributed by atoms with van der Waals surface area (Å²) in [6.45, 7) is 3.59. The van der Waals surface area contributed by atoms with E-state index in [9.17, 15) is 13.2 Å². The normalized spacial score (nSPS) is 18.9. The lowest BCUT2D eigenvalue weighted by Crippen LogP contribution is -2.47. The van der Waals surface area contributed by atoms with Crippen LogP contribution in [0.2, 0.25) is 0 Å². The predicted octanol–water partition coefficient (Wildman–Crippen LogP) is -0.00390. The molecule has 7 nitrogen and oxygen atoms in total. The van der Waals surface area contributed by atoms with Gasteiger partial charge in [-0.05, 0) is 19.8 Å². The van der Waals surface area contributed by atoms with Crippen molar-refractivity contribution in [2.45, 2.75) is 19.8 Å². The molecule has 0 aromatic heterocycles. The van der Waals surface area contributed by atoms with E-state index in [1.165, 1.54) is 15.7 Å². The summed E-state index contributed by atoms with van der Waals surface area (Å²) in [6.07, 6.45) is 0.738. The van der Waals surface area contributed by atoms with Crippen LogP contribution in [0.4, 0.5) is 0 Å². The number of nitrogens with zero attached hydrogens (tertiary/aromatic N) is 2. The summed E-state index contributed by atoms with van der Waals surface area (Å²) in [4.78, 5) is 10.8. The minimum Gasteiger partial charge on any atom is -0.481 e. The lowest BCUT2D eigenvalue weighted by Gasteiger charge is -2.32. The lowest BCUT2D eigenvalue weighted by atomic mass is 9.99. The average Bonchev–Trinajstić information content (AvgIpc) is 2.39. The van der Waals surface area contributed by atoms with Crippen LogP contribution in [0.1, 0.15) is 19.8 Å². The van der Waals surface area contributed by atoms with Crippen molar-refractivity contribution in [1.82, 2.24) is 8.61 Å². The molecule has 8 heteroatoms. The Bertz CT molecular complexity index is 390. The molecule has 0 aromatic carbocycles. The van der Waals surface area contributed by atoms with Crippen LogP contribution in [0.3, 0.4) is 0 Å². The third kappa shape index (κ3) is 4.41. The summed E-state index contributed by atoms with van der Waals surface area (Å²) >= 11 is 0. The molecule has 0 bridgehead atoms. The maximum Gasteiger partial charge on any atom is 0.306 e. The number of hydrogen-bond acceptors (Lipinski definition) is 4. The van der Waals surface area contributed by atoms with E-state index in [1.54, 1.807) is 0 Å². The third-order valence-electron chi connectivity index (χ3n) is 3.28. The number of likely N-dealkylation sites (N-methyl/N-ethyl adjacent to an activating group) is 1. The third-order valence-corrected chi connectivity index (χ3v) is 5.27. The van der Waals surface area contributed by atoms with Crippen LogP contribution in [0.15, 0.2) is 0 Å². The molecule has 1 aliphatic heterocycles. The maximum atomic E-state index is 12.2. The molecule has 0 atom stereocenters. The van der Waals surface area contributed by atoms with E-state index >= 15 is 0 Å². The summed E-state index contributed by atoms with van der Waals surface area (Å²) in [6, 6.07) is 0. The largest absolute Gasteiger partial charge is 0.481 e. The van der Waals surface area contributed by atoms with Crippen molar-refractivity contribution in [2.24, 2.45) is 5.92 Å². The lowest BCUT2D eigenvalue weighted by molar-refractivity contribution is -0.142. The second-order valence-corrected chi connectivity index (χ2v) is 6.57. The van der Waals surface area contributed by atoms with Gasteiger partial charge in [0, 0.05) is 33.3 Å². The van der Waals surface area contributed by atoms with Gasteiger partial charge in [-0.2, -0.15) is 17.0 Å². The maximum absolute atomic E-state index is 12.2. The van der Waals surface area contributed by atoms with Gasteiger partial charge in [0.05, 0.1) is 12.5 Å². The van der Waals surface area contributed by atoms with Gasteiger partial charge in [0.2, 0.25) is 0 Å². The van der Waals surface area contributed by atoms with Gasteiger partial charge in [0.15, 0.2) is 0 Å². The minimum absolute atomic E-state index is 0.262. The standard InChI is InChI=1S/C11H22N2O5S/c1-3-18-9-8-12(2)19(16,17)13-6-4-10(5-7-13)11(14)15/h10H,3-9H2,1-2H3,(H,14,15). The number of ether oxygens (including phenoxy) is 1. The Hall–Kier alpha value is -0.700. The quantitative estimate of drug-likeness (QED) is 0.668. The fraction of sp³-hybridized carbons (Fsp3) is 0.909. The fourth-order valence-electron chi connectivity index (χ4n) is 1.98. The smallest absolute Gasteiger partial charge is 0.306 e. The first-order chi connectivity index (χ1) is 8.89. The molecular formula is C11H22N2O5S. The van der Waals surface area contributed by atoms with Crippen LogP contribution in [0.5, 0.6) is 0 Å². The highest BCUT2D eigenvalue weighted by Gasteiger charge is 2.33. The Morgan fingerprint density at radius 1 is 1.42 bits per heavy atom. The van der Waals surface area contributed by atoms with Gasteiger partial charge in [0.1, 0.15) is 0 Å². The molecule has 0 amide bonds.